The molecular weight excluding hydrogens is 134 g/mol. The predicted octanol–water partition coefficient (Wildman–Crippen LogP) is -0.232. The average Bonchev–Trinajstić information content (AvgIpc) is 1.87. The molecular formula is C6H11NO3. The molecule has 4 nitrogen and oxygen atoms in total. The SMILES string of the molecule is CCC(=O)C[C@@H](N)C(=O)O. The van der Waals surface area contributed by atoms with Gasteiger partial charge >= 0.3 is 5.97 Å². The van der Waals surface area contributed by atoms with E-state index in [1.54, 1.807) is 6.92 Å². The second kappa shape index (κ2) is 4.00. The maximum atomic E-state index is 10.6. The highest BCUT2D eigenvalue weighted by atomic mass is 16.4. The molecule has 0 rings (SSSR count). The van der Waals surface area contributed by atoms with Gasteiger partial charge in [0.2, 0.25) is 0 Å². The van der Waals surface area contributed by atoms with E-state index < -0.39 is 12.0 Å². The minimum atomic E-state index is -1.12. The first-order valence-electron chi connectivity index (χ1n) is 3.08. The van der Waals surface area contributed by atoms with Crippen LogP contribution in [-0.2, 0) is 9.59 Å². The minimum Gasteiger partial charge on any atom is -0.480 e. The predicted molar refractivity (Wildman–Crippen MR) is 35.5 cm³/mol. The highest BCUT2D eigenvalue weighted by Crippen LogP contribution is 1.92. The van der Waals surface area contributed by atoms with Gasteiger partial charge < -0.3 is 10.8 Å². The number of carbonyl (C=O) groups excluding carboxylic acids is 1. The summed E-state index contributed by atoms with van der Waals surface area (Å²) in [6.07, 6.45) is 0.285. The lowest BCUT2D eigenvalue weighted by Gasteiger charge is -2.02. The van der Waals surface area contributed by atoms with Gasteiger partial charge in [-0.3, -0.25) is 9.59 Å². The molecule has 10 heavy (non-hydrogen) atoms. The van der Waals surface area contributed by atoms with Crippen LogP contribution in [0.2, 0.25) is 0 Å². The first-order chi connectivity index (χ1) is 4.57. The lowest BCUT2D eigenvalue weighted by atomic mass is 10.1. The van der Waals surface area contributed by atoms with Crippen LogP contribution in [0.3, 0.4) is 0 Å². The Kier molecular flexibility index (Phi) is 3.64. The Morgan fingerprint density at radius 3 is 2.40 bits per heavy atom. The third-order valence-electron chi connectivity index (χ3n) is 1.16. The number of carboxylic acids is 1. The molecule has 0 unspecified atom stereocenters. The standard InChI is InChI=1S/C6H11NO3/c1-2-4(8)3-5(7)6(9)10/h5H,2-3,7H2,1H3,(H,9,10)/t5-/m1/s1. The van der Waals surface area contributed by atoms with Crippen molar-refractivity contribution in [3.8, 4) is 0 Å². The quantitative estimate of drug-likeness (QED) is 0.572. The van der Waals surface area contributed by atoms with E-state index in [1.807, 2.05) is 0 Å². The van der Waals surface area contributed by atoms with Crippen molar-refractivity contribution in [2.75, 3.05) is 0 Å². The third-order valence-corrected chi connectivity index (χ3v) is 1.16. The smallest absolute Gasteiger partial charge is 0.320 e. The topological polar surface area (TPSA) is 80.4 Å². The second-order valence-electron chi connectivity index (χ2n) is 2.04. The Morgan fingerprint density at radius 1 is 1.60 bits per heavy atom. The van der Waals surface area contributed by atoms with Crippen LogP contribution in [0.15, 0.2) is 0 Å². The van der Waals surface area contributed by atoms with Crippen LogP contribution in [0.25, 0.3) is 0 Å². The van der Waals surface area contributed by atoms with E-state index in [2.05, 4.69) is 0 Å². The Morgan fingerprint density at radius 2 is 2.10 bits per heavy atom. The molecule has 0 aromatic heterocycles. The Hall–Kier alpha value is -0.900. The number of Topliss-reactive ketones (excluding diaryl/α,β-unsaturated/α-hetero) is 1. The van der Waals surface area contributed by atoms with E-state index in [1.165, 1.54) is 0 Å². The zero-order chi connectivity index (χ0) is 8.15. The van der Waals surface area contributed by atoms with Crippen molar-refractivity contribution in [2.45, 2.75) is 25.8 Å². The second-order valence-corrected chi connectivity index (χ2v) is 2.04. The van der Waals surface area contributed by atoms with E-state index in [0.717, 1.165) is 0 Å². The van der Waals surface area contributed by atoms with Gasteiger partial charge in [-0.2, -0.15) is 0 Å². The van der Waals surface area contributed by atoms with Gasteiger partial charge in [-0.25, -0.2) is 0 Å². The fraction of sp³-hybridized carbons (Fsp3) is 0.667. The summed E-state index contributed by atoms with van der Waals surface area (Å²) in [4.78, 5) is 20.7. The highest BCUT2D eigenvalue weighted by Gasteiger charge is 2.14. The van der Waals surface area contributed by atoms with Gasteiger partial charge in [0.25, 0.3) is 0 Å². The zero-order valence-corrected chi connectivity index (χ0v) is 5.83. The molecule has 0 radical (unpaired) electrons. The number of nitrogens with two attached hydrogens (primary N) is 1. The highest BCUT2D eigenvalue weighted by molar-refractivity contribution is 5.85. The van der Waals surface area contributed by atoms with Crippen molar-refractivity contribution < 1.29 is 14.7 Å². The van der Waals surface area contributed by atoms with Crippen molar-refractivity contribution >= 4 is 11.8 Å². The van der Waals surface area contributed by atoms with Crippen molar-refractivity contribution in [3.05, 3.63) is 0 Å². The van der Waals surface area contributed by atoms with E-state index in [4.69, 9.17) is 10.8 Å². The fourth-order valence-corrected chi connectivity index (χ4v) is 0.477. The van der Waals surface area contributed by atoms with Crippen molar-refractivity contribution in [2.24, 2.45) is 5.73 Å². The summed E-state index contributed by atoms with van der Waals surface area (Å²) in [5, 5.41) is 8.25. The number of rotatable bonds is 4. The van der Waals surface area contributed by atoms with Gasteiger partial charge in [0.15, 0.2) is 0 Å². The summed E-state index contributed by atoms with van der Waals surface area (Å²) >= 11 is 0. The molecule has 0 fully saturated rings. The summed E-state index contributed by atoms with van der Waals surface area (Å²) in [6.45, 7) is 1.68. The van der Waals surface area contributed by atoms with Crippen LogP contribution < -0.4 is 5.73 Å². The summed E-state index contributed by atoms with van der Waals surface area (Å²) in [5.74, 6) is -1.24. The van der Waals surface area contributed by atoms with Crippen LogP contribution in [0, 0.1) is 0 Å². The molecule has 0 aliphatic carbocycles. The molecule has 4 heteroatoms. The molecule has 58 valence electrons. The first-order valence-corrected chi connectivity index (χ1v) is 3.08. The molecule has 1 atom stereocenters. The molecule has 0 aliphatic rings. The maximum absolute atomic E-state index is 10.6. The zero-order valence-electron chi connectivity index (χ0n) is 5.83. The number of carboxylic acid groups (broad SMARTS) is 1. The number of hydrogen-bond donors (Lipinski definition) is 2. The fourth-order valence-electron chi connectivity index (χ4n) is 0.477. The van der Waals surface area contributed by atoms with Gasteiger partial charge in [0, 0.05) is 12.8 Å². The molecule has 0 saturated heterocycles. The summed E-state index contributed by atoms with van der Waals surface area (Å²) in [6, 6.07) is -1.03. The van der Waals surface area contributed by atoms with Gasteiger partial charge in [0.05, 0.1) is 0 Å². The van der Waals surface area contributed by atoms with Crippen molar-refractivity contribution in [1.82, 2.24) is 0 Å². The van der Waals surface area contributed by atoms with Crippen LogP contribution in [0.1, 0.15) is 19.8 Å². The number of hydrogen-bond acceptors (Lipinski definition) is 3. The number of aliphatic carboxylic acids is 1. The number of ketones is 1. The molecule has 3 N–H and O–H groups in total. The molecule has 0 aromatic carbocycles. The van der Waals surface area contributed by atoms with Gasteiger partial charge in [0.1, 0.15) is 11.8 Å². The molecule has 0 aliphatic heterocycles. The summed E-state index contributed by atoms with van der Waals surface area (Å²) in [7, 11) is 0. The van der Waals surface area contributed by atoms with Crippen LogP contribution in [-0.4, -0.2) is 22.9 Å². The summed E-state index contributed by atoms with van der Waals surface area (Å²) < 4.78 is 0. The lowest BCUT2D eigenvalue weighted by Crippen LogP contribution is -2.32. The van der Waals surface area contributed by atoms with Gasteiger partial charge in [-0.1, -0.05) is 6.92 Å². The van der Waals surface area contributed by atoms with Crippen molar-refractivity contribution in [3.63, 3.8) is 0 Å². The van der Waals surface area contributed by atoms with Crippen LogP contribution >= 0.6 is 0 Å². The Balaban J connectivity index is 3.68. The Bertz CT molecular complexity index is 144. The molecule has 0 heterocycles. The van der Waals surface area contributed by atoms with Crippen LogP contribution in [0.4, 0.5) is 0 Å². The molecule has 0 amide bonds. The van der Waals surface area contributed by atoms with E-state index >= 15 is 0 Å². The monoisotopic (exact) mass is 145 g/mol. The third kappa shape index (κ3) is 3.19. The molecule has 0 bridgehead atoms. The normalized spacial score (nSPS) is 12.6. The largest absolute Gasteiger partial charge is 0.480 e. The van der Waals surface area contributed by atoms with E-state index in [0.29, 0.717) is 6.42 Å². The van der Waals surface area contributed by atoms with Gasteiger partial charge in [-0.05, 0) is 0 Å². The van der Waals surface area contributed by atoms with E-state index in [9.17, 15) is 9.59 Å². The minimum absolute atomic E-state index is 0.0637. The first kappa shape index (κ1) is 9.10. The average molecular weight is 145 g/mol. The maximum Gasteiger partial charge on any atom is 0.320 e. The Labute approximate surface area is 59.0 Å². The number of carbonyl (C=O) groups is 2. The van der Waals surface area contributed by atoms with Crippen LogP contribution in [0.5, 0.6) is 0 Å². The van der Waals surface area contributed by atoms with E-state index in [-0.39, 0.29) is 12.2 Å². The van der Waals surface area contributed by atoms with Gasteiger partial charge in [-0.15, -0.1) is 0 Å². The molecule has 0 aromatic rings. The lowest BCUT2D eigenvalue weighted by molar-refractivity contribution is -0.140. The molecule has 0 spiro atoms. The summed E-state index contributed by atoms with van der Waals surface area (Å²) in [5.41, 5.74) is 5.07. The molecule has 0 saturated carbocycles. The van der Waals surface area contributed by atoms with Crippen molar-refractivity contribution in [1.29, 1.82) is 0 Å².